The number of nitrogens with zero attached hydrogens (tertiary/aromatic N) is 2. The summed E-state index contributed by atoms with van der Waals surface area (Å²) in [5, 5.41) is 15.6. The van der Waals surface area contributed by atoms with Gasteiger partial charge in [-0.15, -0.1) is 0 Å². The monoisotopic (exact) mass is 474 g/mol. The zero-order chi connectivity index (χ0) is 24.7. The fourth-order valence-electron chi connectivity index (χ4n) is 4.54. The van der Waals surface area contributed by atoms with Gasteiger partial charge in [0.15, 0.2) is 0 Å². The van der Waals surface area contributed by atoms with E-state index in [2.05, 4.69) is 119 Å². The van der Waals surface area contributed by atoms with E-state index in [1.165, 1.54) is 36.8 Å². The largest absolute Gasteiger partial charge is 0.277 e. The molecule has 2 N–H and O–H groups in total. The molecule has 0 unspecified atom stereocenters. The van der Waals surface area contributed by atoms with Crippen molar-refractivity contribution < 1.29 is 0 Å². The van der Waals surface area contributed by atoms with Crippen molar-refractivity contribution >= 4 is 0 Å². The number of rotatable bonds is 10. The van der Waals surface area contributed by atoms with E-state index in [1.54, 1.807) is 0 Å². The predicted octanol–water partition coefficient (Wildman–Crippen LogP) is 8.49. The Bertz CT molecular complexity index is 1290. The first-order chi connectivity index (χ1) is 17.7. The van der Waals surface area contributed by atoms with E-state index < -0.39 is 0 Å². The molecule has 0 atom stereocenters. The second-order valence-corrected chi connectivity index (χ2v) is 9.52. The van der Waals surface area contributed by atoms with Gasteiger partial charge in [0, 0.05) is 11.1 Å². The minimum atomic E-state index is 0.931. The topological polar surface area (TPSA) is 57.4 Å². The van der Waals surface area contributed by atoms with Gasteiger partial charge in [0.1, 0.15) is 0 Å². The predicted molar refractivity (Wildman–Crippen MR) is 150 cm³/mol. The molecule has 5 rings (SSSR count). The summed E-state index contributed by atoms with van der Waals surface area (Å²) in [5.74, 6) is 0. The van der Waals surface area contributed by atoms with Gasteiger partial charge in [-0.3, -0.25) is 10.2 Å². The van der Waals surface area contributed by atoms with Crippen molar-refractivity contribution in [2.24, 2.45) is 0 Å². The third-order valence-electron chi connectivity index (χ3n) is 6.78. The smallest absolute Gasteiger partial charge is 0.0927 e. The van der Waals surface area contributed by atoms with E-state index in [0.29, 0.717) is 0 Å². The van der Waals surface area contributed by atoms with Crippen LogP contribution in [-0.4, -0.2) is 20.4 Å². The lowest BCUT2D eigenvalue weighted by Gasteiger charge is -2.02. The average molecular weight is 475 g/mol. The second-order valence-electron chi connectivity index (χ2n) is 9.52. The van der Waals surface area contributed by atoms with Gasteiger partial charge in [-0.2, -0.15) is 10.2 Å². The van der Waals surface area contributed by atoms with Crippen molar-refractivity contribution in [2.75, 3.05) is 0 Å². The highest BCUT2D eigenvalue weighted by Crippen LogP contribution is 2.29. The number of benzene rings is 3. The molecule has 182 valence electrons. The van der Waals surface area contributed by atoms with Gasteiger partial charge in [0.25, 0.3) is 0 Å². The normalized spacial score (nSPS) is 11.2. The van der Waals surface area contributed by atoms with Gasteiger partial charge in [-0.1, -0.05) is 93.4 Å². The highest BCUT2D eigenvalue weighted by Gasteiger charge is 2.10. The van der Waals surface area contributed by atoms with Crippen molar-refractivity contribution in [2.45, 2.75) is 52.4 Å². The highest BCUT2D eigenvalue weighted by atomic mass is 15.1. The molecule has 36 heavy (non-hydrogen) atoms. The number of aromatic amines is 2. The Hall–Kier alpha value is -3.92. The lowest BCUT2D eigenvalue weighted by molar-refractivity contribution is 0.795. The van der Waals surface area contributed by atoms with Crippen LogP contribution in [0.3, 0.4) is 0 Å². The lowest BCUT2D eigenvalue weighted by Crippen LogP contribution is -1.85. The molecule has 0 bridgehead atoms. The molecule has 0 saturated carbocycles. The van der Waals surface area contributed by atoms with Crippen molar-refractivity contribution in [3.63, 3.8) is 0 Å². The molecule has 0 aliphatic rings. The van der Waals surface area contributed by atoms with Crippen LogP contribution in [-0.2, 0) is 12.8 Å². The van der Waals surface area contributed by atoms with Crippen LogP contribution in [0, 0.1) is 0 Å². The molecule has 2 aromatic heterocycles. The van der Waals surface area contributed by atoms with Crippen LogP contribution < -0.4 is 0 Å². The molecule has 4 heteroatoms. The minimum Gasteiger partial charge on any atom is -0.277 e. The molecule has 3 aromatic carbocycles. The van der Waals surface area contributed by atoms with E-state index in [0.717, 1.165) is 57.9 Å². The quantitative estimate of drug-likeness (QED) is 0.213. The van der Waals surface area contributed by atoms with Gasteiger partial charge >= 0.3 is 0 Å². The van der Waals surface area contributed by atoms with Crippen molar-refractivity contribution in [1.29, 1.82) is 0 Å². The van der Waals surface area contributed by atoms with E-state index in [-0.39, 0.29) is 0 Å². The van der Waals surface area contributed by atoms with Crippen LogP contribution in [0.4, 0.5) is 0 Å². The summed E-state index contributed by atoms with van der Waals surface area (Å²) in [6, 6.07) is 30.3. The molecule has 0 aliphatic carbocycles. The van der Waals surface area contributed by atoms with E-state index in [9.17, 15) is 0 Å². The molecule has 5 aromatic rings. The minimum absolute atomic E-state index is 0.931. The zero-order valence-electron chi connectivity index (χ0n) is 21.2. The van der Waals surface area contributed by atoms with E-state index in [1.807, 2.05) is 0 Å². The summed E-state index contributed by atoms with van der Waals surface area (Å²) in [4.78, 5) is 0. The number of nitrogens with one attached hydrogen (secondary N) is 2. The number of unbranched alkanes of at least 4 members (excludes halogenated alkanes) is 2. The number of aryl methyl sites for hydroxylation is 2. The molecule has 0 saturated heterocycles. The van der Waals surface area contributed by atoms with Gasteiger partial charge in [0.05, 0.1) is 22.8 Å². The first-order valence-electron chi connectivity index (χ1n) is 13.1. The molecule has 0 spiro atoms. The third kappa shape index (κ3) is 5.49. The Morgan fingerprint density at radius 3 is 1.39 bits per heavy atom. The summed E-state index contributed by atoms with van der Waals surface area (Å²) < 4.78 is 0. The first-order valence-corrected chi connectivity index (χ1v) is 13.1. The highest BCUT2D eigenvalue weighted by molar-refractivity contribution is 5.74. The molecule has 0 aliphatic heterocycles. The molecule has 0 amide bonds. The standard InChI is InChI=1S/C32H34N4/c1-3-5-8-23-12-16-25(17-13-23)29-21-31(35-33-29)27-10-7-11-28(20-27)32-22-30(34-36-32)26-18-14-24(15-19-26)9-6-4-2/h7,10-22H,3-6,8-9H2,1-2H3,(H,33,35)(H,34,36). The molecule has 0 fully saturated rings. The van der Waals surface area contributed by atoms with Crippen LogP contribution in [0.25, 0.3) is 45.0 Å². The van der Waals surface area contributed by atoms with Gasteiger partial charge < -0.3 is 0 Å². The fraction of sp³-hybridized carbons (Fsp3) is 0.250. The van der Waals surface area contributed by atoms with Crippen LogP contribution >= 0.6 is 0 Å². The zero-order valence-corrected chi connectivity index (χ0v) is 21.2. The molecule has 4 nitrogen and oxygen atoms in total. The summed E-state index contributed by atoms with van der Waals surface area (Å²) in [6.45, 7) is 4.46. The second kappa shape index (κ2) is 11.2. The molecule has 2 heterocycles. The Morgan fingerprint density at radius 2 is 0.972 bits per heavy atom. The molecular formula is C32H34N4. The number of hydrogen-bond donors (Lipinski definition) is 2. The summed E-state index contributed by atoms with van der Waals surface area (Å²) >= 11 is 0. The maximum atomic E-state index is 4.60. The lowest BCUT2D eigenvalue weighted by atomic mass is 10.0. The van der Waals surface area contributed by atoms with Gasteiger partial charge in [-0.05, 0) is 66.1 Å². The summed E-state index contributed by atoms with van der Waals surface area (Å²) in [5.41, 5.74) is 11.1. The average Bonchev–Trinajstić information content (AvgIpc) is 3.62. The maximum Gasteiger partial charge on any atom is 0.0927 e. The maximum absolute atomic E-state index is 4.60. The van der Waals surface area contributed by atoms with Gasteiger partial charge in [0.2, 0.25) is 0 Å². The summed E-state index contributed by atoms with van der Waals surface area (Å²) in [6.07, 6.45) is 7.17. The first kappa shape index (κ1) is 23.8. The van der Waals surface area contributed by atoms with E-state index in [4.69, 9.17) is 0 Å². The number of hydrogen-bond acceptors (Lipinski definition) is 2. The Balaban J connectivity index is 1.32. The Kier molecular flexibility index (Phi) is 7.41. The van der Waals surface area contributed by atoms with Crippen LogP contribution in [0.5, 0.6) is 0 Å². The van der Waals surface area contributed by atoms with Crippen LogP contribution in [0.1, 0.15) is 50.7 Å². The summed E-state index contributed by atoms with van der Waals surface area (Å²) in [7, 11) is 0. The van der Waals surface area contributed by atoms with Crippen molar-refractivity contribution in [1.82, 2.24) is 20.4 Å². The SMILES string of the molecule is CCCCc1ccc(-c2cc(-c3cccc(-c4cc(-c5ccc(CCCC)cc5)[nH]n4)c3)n[nH]2)cc1. The fourth-order valence-corrected chi connectivity index (χ4v) is 4.54. The van der Waals surface area contributed by atoms with E-state index >= 15 is 0 Å². The molecular weight excluding hydrogens is 440 g/mol. The third-order valence-corrected chi connectivity index (χ3v) is 6.78. The number of aromatic nitrogens is 4. The van der Waals surface area contributed by atoms with Crippen molar-refractivity contribution in [3.8, 4) is 45.0 Å². The van der Waals surface area contributed by atoms with Crippen LogP contribution in [0.15, 0.2) is 84.9 Å². The Morgan fingerprint density at radius 1 is 0.528 bits per heavy atom. The molecule has 0 radical (unpaired) electrons. The Labute approximate surface area is 213 Å². The number of H-pyrrole nitrogens is 2. The van der Waals surface area contributed by atoms with Crippen LogP contribution in [0.2, 0.25) is 0 Å². The van der Waals surface area contributed by atoms with Gasteiger partial charge in [-0.25, -0.2) is 0 Å². The van der Waals surface area contributed by atoms with Crippen molar-refractivity contribution in [3.05, 3.63) is 96.1 Å².